The van der Waals surface area contributed by atoms with Gasteiger partial charge in [0, 0.05) is 24.2 Å². The van der Waals surface area contributed by atoms with Crippen LogP contribution in [0.2, 0.25) is 0 Å². The Hall–Kier alpha value is -1.07. The summed E-state index contributed by atoms with van der Waals surface area (Å²) in [5.74, 6) is 1.70. The number of thiazole rings is 1. The lowest BCUT2D eigenvalue weighted by Crippen LogP contribution is -2.26. The molecule has 0 spiro atoms. The van der Waals surface area contributed by atoms with Gasteiger partial charge in [-0.3, -0.25) is 4.40 Å². The molecule has 0 aliphatic heterocycles. The molecule has 1 N–H and O–H groups in total. The summed E-state index contributed by atoms with van der Waals surface area (Å²) in [6.45, 7) is 3.08. The predicted octanol–water partition coefficient (Wildman–Crippen LogP) is 2.68. The van der Waals surface area contributed by atoms with Crippen molar-refractivity contribution in [3.63, 3.8) is 0 Å². The highest BCUT2D eigenvalue weighted by molar-refractivity contribution is 7.15. The minimum atomic E-state index is 0.561. The first kappa shape index (κ1) is 12.0. The highest BCUT2D eigenvalue weighted by Crippen LogP contribution is 2.33. The summed E-state index contributed by atoms with van der Waals surface area (Å²) in [5.41, 5.74) is 1.12. The van der Waals surface area contributed by atoms with Crippen LogP contribution in [0.1, 0.15) is 31.9 Å². The highest BCUT2D eigenvalue weighted by Gasteiger charge is 2.23. The molecule has 1 unspecified atom stereocenters. The minimum Gasteiger partial charge on any atom is -0.480 e. The van der Waals surface area contributed by atoms with Crippen molar-refractivity contribution in [2.45, 2.75) is 38.8 Å². The molecule has 0 amide bonds. The lowest BCUT2D eigenvalue weighted by Gasteiger charge is -2.13. The van der Waals surface area contributed by atoms with Crippen LogP contribution in [0.25, 0.3) is 4.96 Å². The van der Waals surface area contributed by atoms with Crippen LogP contribution in [-0.4, -0.2) is 22.5 Å². The van der Waals surface area contributed by atoms with E-state index in [1.807, 2.05) is 0 Å². The van der Waals surface area contributed by atoms with Gasteiger partial charge < -0.3 is 10.1 Å². The van der Waals surface area contributed by atoms with Crippen molar-refractivity contribution in [1.82, 2.24) is 14.7 Å². The van der Waals surface area contributed by atoms with Gasteiger partial charge in [0.2, 0.25) is 5.88 Å². The molecule has 0 saturated heterocycles. The number of nitrogens with zero attached hydrogens (tertiary/aromatic N) is 2. The zero-order valence-electron chi connectivity index (χ0n) is 10.8. The van der Waals surface area contributed by atoms with Gasteiger partial charge in [-0.15, -0.1) is 11.3 Å². The van der Waals surface area contributed by atoms with Gasteiger partial charge in [0.1, 0.15) is 5.69 Å². The van der Waals surface area contributed by atoms with Gasteiger partial charge in [0.25, 0.3) is 0 Å². The second-order valence-electron chi connectivity index (χ2n) is 5.08. The van der Waals surface area contributed by atoms with Gasteiger partial charge in [-0.1, -0.05) is 12.8 Å². The number of ether oxygens (including phenoxy) is 1. The van der Waals surface area contributed by atoms with E-state index in [4.69, 9.17) is 4.74 Å². The third-order valence-corrected chi connectivity index (χ3v) is 4.28. The molecule has 1 atom stereocenters. The lowest BCUT2D eigenvalue weighted by atomic mass is 10.1. The van der Waals surface area contributed by atoms with Gasteiger partial charge in [-0.2, -0.15) is 4.98 Å². The summed E-state index contributed by atoms with van der Waals surface area (Å²) in [4.78, 5) is 5.46. The third-order valence-electron chi connectivity index (χ3n) is 3.52. The molecule has 1 aliphatic rings. The minimum absolute atomic E-state index is 0.561. The zero-order chi connectivity index (χ0) is 12.5. The van der Waals surface area contributed by atoms with E-state index in [0.717, 1.165) is 29.0 Å². The Kier molecular flexibility index (Phi) is 3.26. The first-order chi connectivity index (χ1) is 8.78. The van der Waals surface area contributed by atoms with Gasteiger partial charge >= 0.3 is 0 Å². The molecule has 0 bridgehead atoms. The predicted molar refractivity (Wildman–Crippen MR) is 73.3 cm³/mol. The van der Waals surface area contributed by atoms with Crippen LogP contribution < -0.4 is 10.1 Å². The molecule has 2 aromatic heterocycles. The topological polar surface area (TPSA) is 38.6 Å². The second kappa shape index (κ2) is 4.90. The number of imidazole rings is 1. The van der Waals surface area contributed by atoms with E-state index in [-0.39, 0.29) is 0 Å². The van der Waals surface area contributed by atoms with Crippen LogP contribution >= 0.6 is 11.3 Å². The van der Waals surface area contributed by atoms with Crippen LogP contribution in [0.3, 0.4) is 0 Å². The molecule has 0 radical (unpaired) electrons. The fraction of sp³-hybridized carbons (Fsp3) is 0.615. The van der Waals surface area contributed by atoms with Crippen molar-refractivity contribution in [2.75, 3.05) is 7.11 Å². The van der Waals surface area contributed by atoms with Crippen molar-refractivity contribution in [3.05, 3.63) is 17.3 Å². The van der Waals surface area contributed by atoms with Crippen molar-refractivity contribution in [1.29, 1.82) is 0 Å². The summed E-state index contributed by atoms with van der Waals surface area (Å²) >= 11 is 1.64. The standard InChI is InChI=1S/C13H19N3OS/c1-9(7-10-3-4-10)14-8-11-12(17-2)15-13-16(11)5-6-18-13/h5-6,9-10,14H,3-4,7-8H2,1-2H3. The lowest BCUT2D eigenvalue weighted by molar-refractivity contribution is 0.389. The van der Waals surface area contributed by atoms with E-state index in [9.17, 15) is 0 Å². The number of rotatable bonds is 6. The van der Waals surface area contributed by atoms with Crippen molar-refractivity contribution < 1.29 is 4.74 Å². The number of fused-ring (bicyclic) bond motifs is 1. The molecule has 98 valence electrons. The highest BCUT2D eigenvalue weighted by atomic mass is 32.1. The third kappa shape index (κ3) is 2.37. The van der Waals surface area contributed by atoms with Crippen LogP contribution in [-0.2, 0) is 6.54 Å². The largest absolute Gasteiger partial charge is 0.480 e. The molecule has 18 heavy (non-hydrogen) atoms. The number of methoxy groups -OCH3 is 1. The molecular weight excluding hydrogens is 246 g/mol. The van der Waals surface area contributed by atoms with Crippen LogP contribution in [0.15, 0.2) is 11.6 Å². The summed E-state index contributed by atoms with van der Waals surface area (Å²) in [7, 11) is 1.68. The number of aromatic nitrogens is 2. The van der Waals surface area contributed by atoms with Crippen molar-refractivity contribution in [3.8, 4) is 5.88 Å². The SMILES string of the molecule is COc1nc2sccn2c1CNC(C)CC1CC1. The average Bonchev–Trinajstić information content (AvgIpc) is 2.93. The van der Waals surface area contributed by atoms with Gasteiger partial charge in [0.15, 0.2) is 4.96 Å². The maximum absolute atomic E-state index is 5.35. The van der Waals surface area contributed by atoms with E-state index in [0.29, 0.717) is 6.04 Å². The Morgan fingerprint density at radius 1 is 1.61 bits per heavy atom. The fourth-order valence-electron chi connectivity index (χ4n) is 2.34. The monoisotopic (exact) mass is 265 g/mol. The van der Waals surface area contributed by atoms with Crippen LogP contribution in [0, 0.1) is 5.92 Å². The van der Waals surface area contributed by atoms with E-state index < -0.39 is 0 Å². The summed E-state index contributed by atoms with van der Waals surface area (Å²) in [5, 5.41) is 5.63. The Bertz CT molecular complexity index is 529. The average molecular weight is 265 g/mol. The Balaban J connectivity index is 1.69. The maximum Gasteiger partial charge on any atom is 0.237 e. The molecule has 3 rings (SSSR count). The van der Waals surface area contributed by atoms with Gasteiger partial charge in [-0.05, 0) is 19.3 Å². The Morgan fingerprint density at radius 2 is 2.44 bits per heavy atom. The molecule has 4 nitrogen and oxygen atoms in total. The Morgan fingerprint density at radius 3 is 3.17 bits per heavy atom. The quantitative estimate of drug-likeness (QED) is 0.872. The van der Waals surface area contributed by atoms with E-state index in [1.165, 1.54) is 19.3 Å². The number of hydrogen-bond donors (Lipinski definition) is 1. The van der Waals surface area contributed by atoms with E-state index in [1.54, 1.807) is 18.4 Å². The van der Waals surface area contributed by atoms with Crippen LogP contribution in [0.4, 0.5) is 0 Å². The molecule has 2 heterocycles. The molecule has 2 aromatic rings. The summed E-state index contributed by atoms with van der Waals surface area (Å²) in [6, 6.07) is 0.561. The molecular formula is C13H19N3OS. The molecule has 1 aliphatic carbocycles. The molecule has 1 fully saturated rings. The second-order valence-corrected chi connectivity index (χ2v) is 5.96. The van der Waals surface area contributed by atoms with Gasteiger partial charge in [-0.25, -0.2) is 0 Å². The normalized spacial score (nSPS) is 17.2. The number of hydrogen-bond acceptors (Lipinski definition) is 4. The smallest absolute Gasteiger partial charge is 0.237 e. The summed E-state index contributed by atoms with van der Waals surface area (Å²) in [6.07, 6.45) is 6.17. The summed E-state index contributed by atoms with van der Waals surface area (Å²) < 4.78 is 7.46. The van der Waals surface area contributed by atoms with E-state index in [2.05, 4.69) is 33.2 Å². The molecule has 1 saturated carbocycles. The zero-order valence-corrected chi connectivity index (χ0v) is 11.7. The van der Waals surface area contributed by atoms with E-state index >= 15 is 0 Å². The first-order valence-corrected chi connectivity index (χ1v) is 7.37. The maximum atomic E-state index is 5.35. The Labute approximate surface area is 111 Å². The van der Waals surface area contributed by atoms with Crippen LogP contribution in [0.5, 0.6) is 5.88 Å². The van der Waals surface area contributed by atoms with Gasteiger partial charge in [0.05, 0.1) is 7.11 Å². The molecule has 5 heteroatoms. The van der Waals surface area contributed by atoms with Crippen molar-refractivity contribution in [2.24, 2.45) is 5.92 Å². The van der Waals surface area contributed by atoms with Crippen molar-refractivity contribution >= 4 is 16.3 Å². The molecule has 0 aromatic carbocycles. The number of nitrogens with one attached hydrogen (secondary N) is 1. The fourth-order valence-corrected chi connectivity index (χ4v) is 3.07. The first-order valence-electron chi connectivity index (χ1n) is 6.49.